The quantitative estimate of drug-likeness (QED) is 0.756. The van der Waals surface area contributed by atoms with Crippen molar-refractivity contribution in [3.63, 3.8) is 0 Å². The molecule has 0 N–H and O–H groups in total. The number of benzene rings is 1. The fraction of sp³-hybridized carbons (Fsp3) is 0.538. The second-order valence-electron chi connectivity index (χ2n) is 4.58. The van der Waals surface area contributed by atoms with Crippen molar-refractivity contribution in [1.82, 2.24) is 0 Å². The Morgan fingerprint density at radius 2 is 1.81 bits per heavy atom. The van der Waals surface area contributed by atoms with E-state index in [0.29, 0.717) is 0 Å². The molecule has 16 heavy (non-hydrogen) atoms. The van der Waals surface area contributed by atoms with Crippen LogP contribution in [-0.4, -0.2) is 11.9 Å². The molecule has 0 saturated heterocycles. The first-order chi connectivity index (χ1) is 7.74. The van der Waals surface area contributed by atoms with Gasteiger partial charge in [-0.2, -0.15) is 0 Å². The first-order valence-corrected chi connectivity index (χ1v) is 6.81. The molecule has 0 amide bonds. The number of halogens is 2. The van der Waals surface area contributed by atoms with Crippen LogP contribution in [0.2, 0.25) is 0 Å². The largest absolute Gasteiger partial charge is 0.493 e. The molecule has 0 atom stereocenters. The Bertz CT molecular complexity index is 330. The van der Waals surface area contributed by atoms with E-state index < -0.39 is 0 Å². The molecule has 1 aliphatic carbocycles. The molecular formula is C13H16BrFO. The van der Waals surface area contributed by atoms with Gasteiger partial charge in [-0.3, -0.25) is 0 Å². The highest BCUT2D eigenvalue weighted by atomic mass is 79.9. The summed E-state index contributed by atoms with van der Waals surface area (Å²) in [5, 5.41) is 0.987. The van der Waals surface area contributed by atoms with Gasteiger partial charge in [0.2, 0.25) is 0 Å². The summed E-state index contributed by atoms with van der Waals surface area (Å²) in [5.74, 6) is 0.539. The van der Waals surface area contributed by atoms with Crippen LogP contribution >= 0.6 is 15.9 Å². The molecule has 1 aromatic carbocycles. The van der Waals surface area contributed by atoms with Crippen LogP contribution < -0.4 is 4.74 Å². The average Bonchev–Trinajstić information content (AvgIpc) is 2.78. The summed E-state index contributed by atoms with van der Waals surface area (Å²) in [6.45, 7) is 0.726. The maximum absolute atomic E-state index is 12.7. The molecule has 1 saturated carbocycles. The van der Waals surface area contributed by atoms with Crippen molar-refractivity contribution >= 4 is 15.9 Å². The number of hydrogen-bond donors (Lipinski definition) is 0. The first-order valence-electron chi connectivity index (χ1n) is 5.68. The molecule has 3 heteroatoms. The minimum atomic E-state index is -0.219. The summed E-state index contributed by atoms with van der Waals surface area (Å²) in [4.78, 5) is 0. The number of ether oxygens (including phenoxy) is 1. The molecule has 1 aliphatic rings. The van der Waals surface area contributed by atoms with Crippen LogP contribution in [0.25, 0.3) is 0 Å². The minimum absolute atomic E-state index is 0.219. The maximum Gasteiger partial charge on any atom is 0.123 e. The Morgan fingerprint density at radius 1 is 1.19 bits per heavy atom. The van der Waals surface area contributed by atoms with Crippen LogP contribution in [0.5, 0.6) is 5.75 Å². The zero-order valence-electron chi connectivity index (χ0n) is 9.22. The molecule has 0 aliphatic heterocycles. The second kappa shape index (κ2) is 5.17. The zero-order chi connectivity index (χ0) is 11.4. The van der Waals surface area contributed by atoms with Crippen LogP contribution in [-0.2, 0) is 0 Å². The summed E-state index contributed by atoms with van der Waals surface area (Å²) >= 11 is 3.58. The molecule has 0 heterocycles. The van der Waals surface area contributed by atoms with Crippen molar-refractivity contribution in [1.29, 1.82) is 0 Å². The number of hydrogen-bond acceptors (Lipinski definition) is 1. The number of alkyl halides is 1. The fourth-order valence-electron chi connectivity index (χ4n) is 2.21. The van der Waals surface area contributed by atoms with E-state index in [1.807, 2.05) is 0 Å². The van der Waals surface area contributed by atoms with Crippen LogP contribution in [0.1, 0.15) is 25.7 Å². The molecule has 0 bridgehead atoms. The highest BCUT2D eigenvalue weighted by molar-refractivity contribution is 9.09. The smallest absolute Gasteiger partial charge is 0.123 e. The fourth-order valence-corrected chi connectivity index (χ4v) is 2.93. The second-order valence-corrected chi connectivity index (χ2v) is 5.14. The van der Waals surface area contributed by atoms with Gasteiger partial charge in [0.1, 0.15) is 11.6 Å². The van der Waals surface area contributed by atoms with Crippen molar-refractivity contribution in [2.75, 3.05) is 11.9 Å². The Morgan fingerprint density at radius 3 is 2.38 bits per heavy atom. The lowest BCUT2D eigenvalue weighted by atomic mass is 9.90. The predicted molar refractivity (Wildman–Crippen MR) is 66.6 cm³/mol. The molecule has 0 spiro atoms. The maximum atomic E-state index is 12.7. The summed E-state index contributed by atoms with van der Waals surface area (Å²) in [6, 6.07) is 6.24. The highest BCUT2D eigenvalue weighted by Crippen LogP contribution is 2.39. The molecule has 0 radical (unpaired) electrons. The molecule has 0 unspecified atom stereocenters. The van der Waals surface area contributed by atoms with E-state index in [-0.39, 0.29) is 11.2 Å². The van der Waals surface area contributed by atoms with Gasteiger partial charge in [0.05, 0.1) is 6.61 Å². The van der Waals surface area contributed by atoms with Crippen molar-refractivity contribution < 1.29 is 9.13 Å². The predicted octanol–water partition coefficient (Wildman–Crippen LogP) is 4.16. The summed E-state index contributed by atoms with van der Waals surface area (Å²) in [7, 11) is 0. The monoisotopic (exact) mass is 286 g/mol. The summed E-state index contributed by atoms with van der Waals surface area (Å²) in [6.07, 6.45) is 5.02. The molecule has 1 fully saturated rings. The molecule has 1 nitrogen and oxygen atoms in total. The van der Waals surface area contributed by atoms with Gasteiger partial charge < -0.3 is 4.74 Å². The SMILES string of the molecule is Fc1ccc(OCC2(CBr)CCCC2)cc1. The minimum Gasteiger partial charge on any atom is -0.493 e. The van der Waals surface area contributed by atoms with Crippen LogP contribution in [0.3, 0.4) is 0 Å². The summed E-state index contributed by atoms with van der Waals surface area (Å²) in [5.41, 5.74) is 0.286. The van der Waals surface area contributed by atoms with Crippen molar-refractivity contribution in [2.45, 2.75) is 25.7 Å². The molecule has 1 aromatic rings. The van der Waals surface area contributed by atoms with E-state index in [0.717, 1.165) is 17.7 Å². The van der Waals surface area contributed by atoms with Crippen LogP contribution in [0.15, 0.2) is 24.3 Å². The van der Waals surface area contributed by atoms with Crippen LogP contribution in [0, 0.1) is 11.2 Å². The van der Waals surface area contributed by atoms with E-state index in [1.54, 1.807) is 12.1 Å². The Kier molecular flexibility index (Phi) is 3.85. The van der Waals surface area contributed by atoms with Gasteiger partial charge >= 0.3 is 0 Å². The zero-order valence-corrected chi connectivity index (χ0v) is 10.8. The van der Waals surface area contributed by atoms with Gasteiger partial charge in [-0.25, -0.2) is 4.39 Å². The standard InChI is InChI=1S/C13H16BrFO/c14-9-13(7-1-2-8-13)10-16-12-5-3-11(15)4-6-12/h3-6H,1-2,7-10H2. The Balaban J connectivity index is 1.93. The van der Waals surface area contributed by atoms with Crippen molar-refractivity contribution in [3.05, 3.63) is 30.1 Å². The average molecular weight is 287 g/mol. The lowest BCUT2D eigenvalue weighted by molar-refractivity contribution is 0.174. The van der Waals surface area contributed by atoms with Gasteiger partial charge in [0, 0.05) is 10.7 Å². The van der Waals surface area contributed by atoms with E-state index in [4.69, 9.17) is 4.74 Å². The Labute approximate surface area is 104 Å². The van der Waals surface area contributed by atoms with Crippen molar-refractivity contribution in [2.24, 2.45) is 5.41 Å². The lowest BCUT2D eigenvalue weighted by Crippen LogP contribution is -2.26. The highest BCUT2D eigenvalue weighted by Gasteiger charge is 2.33. The van der Waals surface area contributed by atoms with E-state index >= 15 is 0 Å². The molecule has 0 aromatic heterocycles. The van der Waals surface area contributed by atoms with Crippen LogP contribution in [0.4, 0.5) is 4.39 Å². The van der Waals surface area contributed by atoms with Gasteiger partial charge in [0.15, 0.2) is 0 Å². The summed E-state index contributed by atoms with van der Waals surface area (Å²) < 4.78 is 18.4. The van der Waals surface area contributed by atoms with E-state index in [9.17, 15) is 4.39 Å². The van der Waals surface area contributed by atoms with Gasteiger partial charge in [-0.1, -0.05) is 28.8 Å². The Hall–Kier alpha value is -0.570. The number of rotatable bonds is 4. The third-order valence-corrected chi connectivity index (χ3v) is 4.50. The normalized spacial score (nSPS) is 18.6. The molecule has 88 valence electrons. The van der Waals surface area contributed by atoms with E-state index in [2.05, 4.69) is 15.9 Å². The molecule has 2 rings (SSSR count). The lowest BCUT2D eigenvalue weighted by Gasteiger charge is -2.26. The van der Waals surface area contributed by atoms with Gasteiger partial charge in [0.25, 0.3) is 0 Å². The first kappa shape index (κ1) is 11.9. The third kappa shape index (κ3) is 2.76. The third-order valence-electron chi connectivity index (χ3n) is 3.31. The van der Waals surface area contributed by atoms with Gasteiger partial charge in [-0.05, 0) is 37.1 Å². The van der Waals surface area contributed by atoms with E-state index in [1.165, 1.54) is 37.8 Å². The van der Waals surface area contributed by atoms with Gasteiger partial charge in [-0.15, -0.1) is 0 Å². The van der Waals surface area contributed by atoms with Crippen molar-refractivity contribution in [3.8, 4) is 5.75 Å². The topological polar surface area (TPSA) is 9.23 Å². The molecular weight excluding hydrogens is 271 g/mol.